The van der Waals surface area contributed by atoms with Crippen LogP contribution in [0.1, 0.15) is 36.8 Å². The fourth-order valence-corrected chi connectivity index (χ4v) is 5.77. The molecule has 3 fully saturated rings. The zero-order valence-electron chi connectivity index (χ0n) is 23.2. The smallest absolute Gasteiger partial charge is 0.381 e. The molecule has 2 amide bonds. The van der Waals surface area contributed by atoms with E-state index in [2.05, 4.69) is 10.2 Å². The van der Waals surface area contributed by atoms with Gasteiger partial charge < -0.3 is 19.7 Å². The summed E-state index contributed by atoms with van der Waals surface area (Å²) in [5.74, 6) is -0.152. The van der Waals surface area contributed by atoms with Crippen LogP contribution in [0.2, 0.25) is 0 Å². The van der Waals surface area contributed by atoms with Gasteiger partial charge in [-0.2, -0.15) is 13.2 Å². The van der Waals surface area contributed by atoms with Crippen molar-refractivity contribution in [1.82, 2.24) is 10.2 Å². The Kier molecular flexibility index (Phi) is 9.67. The van der Waals surface area contributed by atoms with Crippen LogP contribution >= 0.6 is 0 Å². The first kappa shape index (κ1) is 29.6. The summed E-state index contributed by atoms with van der Waals surface area (Å²) in [6, 6.07) is 10.1. The maximum Gasteiger partial charge on any atom is 0.416 e. The van der Waals surface area contributed by atoms with Gasteiger partial charge >= 0.3 is 12.2 Å². The summed E-state index contributed by atoms with van der Waals surface area (Å²) in [4.78, 5) is 19.4. The third-order valence-electron chi connectivity index (χ3n) is 8.22. The van der Waals surface area contributed by atoms with E-state index in [9.17, 15) is 18.0 Å². The number of morpholine rings is 1. The maximum atomic E-state index is 15.3. The molecule has 3 heterocycles. The number of ether oxygens (including phenoxy) is 2. The summed E-state index contributed by atoms with van der Waals surface area (Å²) in [5.41, 5.74) is 1.23. The van der Waals surface area contributed by atoms with Gasteiger partial charge in [0.05, 0.1) is 24.5 Å². The Morgan fingerprint density at radius 3 is 2.20 bits per heavy atom. The number of alkyl halides is 3. The number of nitrogens with zero attached hydrogens (tertiary/aromatic N) is 3. The van der Waals surface area contributed by atoms with Gasteiger partial charge in [-0.05, 0) is 80.6 Å². The number of nitrogens with one attached hydrogen (secondary N) is 1. The number of benzene rings is 2. The minimum Gasteiger partial charge on any atom is -0.381 e. The molecule has 3 aliphatic heterocycles. The predicted octanol–water partition coefficient (Wildman–Crippen LogP) is 5.29. The zero-order valence-corrected chi connectivity index (χ0v) is 23.2. The second-order valence-corrected chi connectivity index (χ2v) is 11.1. The molecule has 0 unspecified atom stereocenters. The summed E-state index contributed by atoms with van der Waals surface area (Å²) in [7, 11) is 0. The van der Waals surface area contributed by atoms with Gasteiger partial charge in [0.1, 0.15) is 5.82 Å². The highest BCUT2D eigenvalue weighted by atomic mass is 19.4. The molecule has 0 saturated carbocycles. The molecular formula is C30H38F4N4O3. The SMILES string of the molecule is O=C(NC1CCOCC1)N(CC1CCN(Cc2ccc(C(F)(F)F)cc2)CC1)c1ccc(N2CCOCC2)c(F)c1. The topological polar surface area (TPSA) is 57.3 Å². The summed E-state index contributed by atoms with van der Waals surface area (Å²) in [6.07, 6.45) is -1.20. The summed E-state index contributed by atoms with van der Waals surface area (Å²) in [5, 5.41) is 3.13. The molecule has 0 radical (unpaired) electrons. The summed E-state index contributed by atoms with van der Waals surface area (Å²) < 4.78 is 64.8. The molecule has 41 heavy (non-hydrogen) atoms. The monoisotopic (exact) mass is 578 g/mol. The molecule has 3 saturated heterocycles. The Bertz CT molecular complexity index is 1140. The van der Waals surface area contributed by atoms with E-state index in [1.165, 1.54) is 18.2 Å². The molecule has 3 aliphatic rings. The lowest BCUT2D eigenvalue weighted by molar-refractivity contribution is -0.137. The van der Waals surface area contributed by atoms with E-state index in [1.807, 2.05) is 11.0 Å². The van der Waals surface area contributed by atoms with Crippen molar-refractivity contribution in [3.63, 3.8) is 0 Å². The first-order valence-electron chi connectivity index (χ1n) is 14.4. The molecule has 0 bridgehead atoms. The van der Waals surface area contributed by atoms with Crippen LogP contribution in [0.3, 0.4) is 0 Å². The van der Waals surface area contributed by atoms with Crippen molar-refractivity contribution in [3.8, 4) is 0 Å². The highest BCUT2D eigenvalue weighted by Gasteiger charge is 2.31. The van der Waals surface area contributed by atoms with Gasteiger partial charge in [-0.3, -0.25) is 9.80 Å². The van der Waals surface area contributed by atoms with Gasteiger partial charge in [0, 0.05) is 51.1 Å². The molecule has 5 rings (SSSR count). The maximum absolute atomic E-state index is 15.3. The Morgan fingerprint density at radius 1 is 0.902 bits per heavy atom. The first-order valence-corrected chi connectivity index (χ1v) is 14.4. The van der Waals surface area contributed by atoms with Crippen LogP contribution in [-0.4, -0.2) is 76.1 Å². The average Bonchev–Trinajstić information content (AvgIpc) is 2.97. The molecule has 11 heteroatoms. The highest BCUT2D eigenvalue weighted by Crippen LogP contribution is 2.31. The molecule has 2 aromatic rings. The molecule has 0 aromatic heterocycles. The quantitative estimate of drug-likeness (QED) is 0.453. The third-order valence-corrected chi connectivity index (χ3v) is 8.22. The third kappa shape index (κ3) is 7.90. The van der Waals surface area contributed by atoms with Crippen LogP contribution in [0.15, 0.2) is 42.5 Å². The van der Waals surface area contributed by atoms with Gasteiger partial charge in [-0.25, -0.2) is 9.18 Å². The van der Waals surface area contributed by atoms with Crippen LogP contribution in [0.25, 0.3) is 0 Å². The van der Waals surface area contributed by atoms with Gasteiger partial charge in [0.15, 0.2) is 0 Å². The number of amides is 2. The van der Waals surface area contributed by atoms with Gasteiger partial charge in [-0.1, -0.05) is 12.1 Å². The lowest BCUT2D eigenvalue weighted by Gasteiger charge is -2.36. The van der Waals surface area contributed by atoms with E-state index in [0.29, 0.717) is 64.0 Å². The number of halogens is 4. The minimum atomic E-state index is -4.34. The predicted molar refractivity (Wildman–Crippen MR) is 149 cm³/mol. The molecule has 224 valence electrons. The number of carbonyl (C=O) groups is 1. The summed E-state index contributed by atoms with van der Waals surface area (Å²) in [6.45, 7) is 6.13. The Labute approximate surface area is 238 Å². The molecule has 0 aliphatic carbocycles. The highest BCUT2D eigenvalue weighted by molar-refractivity contribution is 5.92. The number of hydrogen-bond donors (Lipinski definition) is 1. The number of hydrogen-bond acceptors (Lipinski definition) is 5. The lowest BCUT2D eigenvalue weighted by Crippen LogP contribution is -2.49. The Hall–Kier alpha value is -2.89. The van der Waals surface area contributed by atoms with Crippen LogP contribution in [-0.2, 0) is 22.2 Å². The van der Waals surface area contributed by atoms with Crippen molar-refractivity contribution in [3.05, 3.63) is 59.4 Å². The standard InChI is InChI=1S/C30H38F4N4O3/c31-27-19-26(5-6-28(27)37-13-17-41-18-14-37)38(29(39)35-25-9-15-40-16-10-25)21-23-7-11-36(12-8-23)20-22-1-3-24(4-2-22)30(32,33)34/h1-6,19,23,25H,7-18,20-21H2,(H,35,39). The number of rotatable bonds is 7. The normalized spacial score (nSPS) is 19.8. The van der Waals surface area contributed by atoms with Crippen molar-refractivity contribution in [1.29, 1.82) is 0 Å². The summed E-state index contributed by atoms with van der Waals surface area (Å²) >= 11 is 0. The fraction of sp³-hybridized carbons (Fsp3) is 0.567. The second kappa shape index (κ2) is 13.4. The lowest BCUT2D eigenvalue weighted by atomic mass is 9.95. The zero-order chi connectivity index (χ0) is 28.8. The van der Waals surface area contributed by atoms with Crippen molar-refractivity contribution in [2.24, 2.45) is 5.92 Å². The van der Waals surface area contributed by atoms with E-state index in [1.54, 1.807) is 11.0 Å². The van der Waals surface area contributed by atoms with Crippen LogP contribution in [0, 0.1) is 11.7 Å². The van der Waals surface area contributed by atoms with E-state index in [0.717, 1.165) is 56.5 Å². The average molecular weight is 579 g/mol. The number of anilines is 2. The number of urea groups is 1. The van der Waals surface area contributed by atoms with E-state index >= 15 is 4.39 Å². The molecule has 0 spiro atoms. The van der Waals surface area contributed by atoms with Crippen molar-refractivity contribution in [2.45, 2.75) is 44.4 Å². The van der Waals surface area contributed by atoms with Crippen LogP contribution < -0.4 is 15.1 Å². The Balaban J connectivity index is 1.23. The number of piperidine rings is 1. The van der Waals surface area contributed by atoms with Crippen molar-refractivity contribution < 1.29 is 31.8 Å². The van der Waals surface area contributed by atoms with E-state index < -0.39 is 11.7 Å². The van der Waals surface area contributed by atoms with E-state index in [4.69, 9.17) is 9.47 Å². The van der Waals surface area contributed by atoms with Crippen molar-refractivity contribution in [2.75, 3.05) is 69.0 Å². The van der Waals surface area contributed by atoms with Crippen LogP contribution in [0.4, 0.5) is 33.7 Å². The van der Waals surface area contributed by atoms with Crippen molar-refractivity contribution >= 4 is 17.4 Å². The fourth-order valence-electron chi connectivity index (χ4n) is 5.77. The molecular weight excluding hydrogens is 540 g/mol. The molecule has 7 nitrogen and oxygen atoms in total. The molecule has 1 N–H and O–H groups in total. The largest absolute Gasteiger partial charge is 0.416 e. The molecule has 0 atom stereocenters. The number of likely N-dealkylation sites (tertiary alicyclic amines) is 1. The van der Waals surface area contributed by atoms with Gasteiger partial charge in [0.25, 0.3) is 0 Å². The first-order chi connectivity index (χ1) is 19.8. The van der Waals surface area contributed by atoms with E-state index in [-0.39, 0.29) is 23.8 Å². The number of carbonyl (C=O) groups excluding carboxylic acids is 1. The van der Waals surface area contributed by atoms with Gasteiger partial charge in [-0.15, -0.1) is 0 Å². The van der Waals surface area contributed by atoms with Gasteiger partial charge in [0.2, 0.25) is 0 Å². The van der Waals surface area contributed by atoms with Crippen LogP contribution in [0.5, 0.6) is 0 Å². The Morgan fingerprint density at radius 2 is 1.56 bits per heavy atom. The minimum absolute atomic E-state index is 0.0156. The molecule has 2 aromatic carbocycles. The second-order valence-electron chi connectivity index (χ2n) is 11.1.